The van der Waals surface area contributed by atoms with E-state index in [0.29, 0.717) is 0 Å². The molecule has 0 aliphatic carbocycles. The van der Waals surface area contributed by atoms with E-state index in [1.807, 2.05) is 0 Å². The molecule has 0 radical (unpaired) electrons. The molecule has 0 fully saturated rings. The van der Waals surface area contributed by atoms with Gasteiger partial charge in [0.05, 0.1) is 0 Å². The van der Waals surface area contributed by atoms with Crippen molar-refractivity contribution in [1.82, 2.24) is 20.3 Å². The minimum atomic E-state index is -0.361. The highest BCUT2D eigenvalue weighted by Gasteiger charge is 2.11. The normalized spacial score (nSPS) is 14.3. The van der Waals surface area contributed by atoms with Crippen LogP contribution in [0.1, 0.15) is 0 Å². The van der Waals surface area contributed by atoms with Crippen molar-refractivity contribution in [2.45, 2.75) is 0 Å². The molecule has 7 heteroatoms. The van der Waals surface area contributed by atoms with Crippen LogP contribution in [0.2, 0.25) is 0 Å². The molecule has 0 saturated heterocycles. The second-order valence-corrected chi connectivity index (χ2v) is 2.26. The number of ether oxygens (including phenoxy) is 1. The van der Waals surface area contributed by atoms with Crippen LogP contribution in [0.4, 0.5) is 4.79 Å². The van der Waals surface area contributed by atoms with E-state index in [9.17, 15) is 4.79 Å². The van der Waals surface area contributed by atoms with E-state index in [1.165, 1.54) is 23.3 Å². The van der Waals surface area contributed by atoms with Gasteiger partial charge in [-0.3, -0.25) is 15.3 Å². The maximum absolute atomic E-state index is 11.3. The van der Waals surface area contributed by atoms with Crippen LogP contribution in [0, 0.1) is 0 Å². The van der Waals surface area contributed by atoms with Crippen molar-refractivity contribution in [3.8, 4) is 0 Å². The number of hydrogen-bond donors (Lipinski definition) is 2. The number of nitrogens with zero attached hydrogens (tertiary/aromatic N) is 3. The molecule has 0 saturated carbocycles. The van der Waals surface area contributed by atoms with E-state index in [-0.39, 0.29) is 18.8 Å². The highest BCUT2D eigenvalue weighted by Crippen LogP contribution is 1.88. The third-order valence-corrected chi connectivity index (χ3v) is 1.41. The first-order valence-corrected chi connectivity index (χ1v) is 3.59. The van der Waals surface area contributed by atoms with Crippen LogP contribution in [0.15, 0.2) is 23.8 Å². The van der Waals surface area contributed by atoms with E-state index in [1.54, 1.807) is 0 Å². The van der Waals surface area contributed by atoms with Crippen molar-refractivity contribution >= 4 is 12.1 Å². The Morgan fingerprint density at radius 1 is 1.77 bits per heavy atom. The first-order chi connectivity index (χ1) is 6.36. The highest BCUT2D eigenvalue weighted by molar-refractivity contribution is 5.94. The summed E-state index contributed by atoms with van der Waals surface area (Å²) >= 11 is 0. The second kappa shape index (κ2) is 3.13. The lowest BCUT2D eigenvalue weighted by molar-refractivity contribution is 0.242. The van der Waals surface area contributed by atoms with Gasteiger partial charge in [0.1, 0.15) is 6.33 Å². The van der Waals surface area contributed by atoms with Crippen LogP contribution in [-0.4, -0.2) is 28.3 Å². The average Bonchev–Trinajstić information content (AvgIpc) is 2.74. The number of carbonyl (C=O) groups excluding carboxylic acids is 1. The SMILES string of the molecule is O=C(NC1=NNCO1)n1ccnc1. The highest BCUT2D eigenvalue weighted by atomic mass is 16.5. The molecule has 1 amide bonds. The molecule has 0 aromatic carbocycles. The zero-order valence-corrected chi connectivity index (χ0v) is 6.60. The molecule has 68 valence electrons. The molecule has 0 spiro atoms. The van der Waals surface area contributed by atoms with Crippen molar-refractivity contribution in [2.75, 3.05) is 6.73 Å². The van der Waals surface area contributed by atoms with Gasteiger partial charge in [0, 0.05) is 12.4 Å². The summed E-state index contributed by atoms with van der Waals surface area (Å²) in [6.45, 7) is 0.277. The van der Waals surface area contributed by atoms with Crippen molar-refractivity contribution < 1.29 is 9.53 Å². The lowest BCUT2D eigenvalue weighted by atomic mass is 10.8. The Kier molecular flexibility index (Phi) is 1.83. The van der Waals surface area contributed by atoms with E-state index in [0.717, 1.165) is 0 Å². The molecule has 0 bridgehead atoms. The summed E-state index contributed by atoms with van der Waals surface area (Å²) in [4.78, 5) is 15.0. The predicted molar refractivity (Wildman–Crippen MR) is 42.7 cm³/mol. The van der Waals surface area contributed by atoms with Gasteiger partial charge in [-0.05, 0) is 0 Å². The molecule has 0 unspecified atom stereocenters. The molecule has 0 atom stereocenters. The van der Waals surface area contributed by atoms with Crippen LogP contribution in [0.3, 0.4) is 0 Å². The fourth-order valence-electron chi connectivity index (χ4n) is 0.836. The van der Waals surface area contributed by atoms with Crippen LogP contribution in [-0.2, 0) is 4.74 Å². The van der Waals surface area contributed by atoms with Crippen molar-refractivity contribution in [1.29, 1.82) is 0 Å². The molecular weight excluding hydrogens is 174 g/mol. The summed E-state index contributed by atoms with van der Waals surface area (Å²) < 4.78 is 6.18. The summed E-state index contributed by atoms with van der Waals surface area (Å²) in [6, 6.07) is -0.196. The van der Waals surface area contributed by atoms with Crippen molar-refractivity contribution in [3.05, 3.63) is 18.7 Å². The molecule has 1 aromatic rings. The minimum Gasteiger partial charge on any atom is -0.441 e. The summed E-state index contributed by atoms with van der Waals surface area (Å²) in [5.74, 6) is 0. The number of imidazole rings is 1. The van der Waals surface area contributed by atoms with E-state index >= 15 is 0 Å². The Bertz CT molecular complexity index is 331. The van der Waals surface area contributed by atoms with Gasteiger partial charge in [-0.15, -0.1) is 5.10 Å². The number of rotatable bonds is 0. The summed E-state index contributed by atoms with van der Waals surface area (Å²) in [7, 11) is 0. The molecule has 2 N–H and O–H groups in total. The zero-order valence-electron chi connectivity index (χ0n) is 6.60. The van der Waals surface area contributed by atoms with Gasteiger partial charge in [-0.25, -0.2) is 9.78 Å². The Labute approximate surface area is 73.4 Å². The molecule has 1 aromatic heterocycles. The molecule has 13 heavy (non-hydrogen) atoms. The molecule has 1 aliphatic rings. The van der Waals surface area contributed by atoms with Gasteiger partial charge in [0.2, 0.25) is 0 Å². The second-order valence-electron chi connectivity index (χ2n) is 2.26. The predicted octanol–water partition coefficient (Wildman–Crippen LogP) is -0.711. The Balaban J connectivity index is 1.99. The molecule has 2 rings (SSSR count). The standard InChI is InChI=1S/C6H7N5O2/c12-6(11-2-1-7-3-11)9-5-10-8-4-13-5/h1-3,8H,4H2,(H,9,10,12). The lowest BCUT2D eigenvalue weighted by Crippen LogP contribution is -2.33. The van der Waals surface area contributed by atoms with Crippen LogP contribution in [0.5, 0.6) is 0 Å². The van der Waals surface area contributed by atoms with E-state index in [4.69, 9.17) is 4.74 Å². The number of hydrazone groups is 1. The van der Waals surface area contributed by atoms with Gasteiger partial charge in [0.25, 0.3) is 0 Å². The number of hydrogen-bond acceptors (Lipinski definition) is 5. The van der Waals surface area contributed by atoms with Gasteiger partial charge < -0.3 is 4.74 Å². The van der Waals surface area contributed by atoms with Crippen LogP contribution < -0.4 is 10.7 Å². The average molecular weight is 181 g/mol. The zero-order chi connectivity index (χ0) is 9.10. The van der Waals surface area contributed by atoms with Gasteiger partial charge in [-0.1, -0.05) is 0 Å². The van der Waals surface area contributed by atoms with E-state index in [2.05, 4.69) is 20.8 Å². The number of amides is 1. The summed E-state index contributed by atoms with van der Waals surface area (Å²) in [5, 5.41) is 6.09. The Morgan fingerprint density at radius 2 is 2.69 bits per heavy atom. The summed E-state index contributed by atoms with van der Waals surface area (Å²) in [6.07, 6.45) is 4.42. The smallest absolute Gasteiger partial charge is 0.334 e. The number of amidine groups is 1. The fraction of sp³-hybridized carbons (Fsp3) is 0.167. The van der Waals surface area contributed by atoms with E-state index < -0.39 is 0 Å². The maximum Gasteiger partial charge on any atom is 0.334 e. The molecule has 1 aliphatic heterocycles. The monoisotopic (exact) mass is 181 g/mol. The largest absolute Gasteiger partial charge is 0.441 e. The fourth-order valence-corrected chi connectivity index (χ4v) is 0.836. The van der Waals surface area contributed by atoms with Gasteiger partial charge in [-0.2, -0.15) is 0 Å². The third kappa shape index (κ3) is 1.58. The quantitative estimate of drug-likeness (QED) is 0.554. The first-order valence-electron chi connectivity index (χ1n) is 3.59. The molecule has 2 heterocycles. The van der Waals surface area contributed by atoms with Crippen molar-refractivity contribution in [3.63, 3.8) is 0 Å². The van der Waals surface area contributed by atoms with Crippen LogP contribution in [0.25, 0.3) is 0 Å². The van der Waals surface area contributed by atoms with Gasteiger partial charge >= 0.3 is 12.1 Å². The third-order valence-electron chi connectivity index (χ3n) is 1.41. The molecule has 7 nitrogen and oxygen atoms in total. The number of aromatic nitrogens is 2. The number of carbonyl (C=O) groups is 1. The lowest BCUT2D eigenvalue weighted by Gasteiger charge is -2.02. The Hall–Kier alpha value is -2.05. The molecular formula is C6H7N5O2. The number of nitrogens with one attached hydrogen (secondary N) is 2. The van der Waals surface area contributed by atoms with Gasteiger partial charge in [0.15, 0.2) is 6.73 Å². The maximum atomic E-state index is 11.3. The minimum absolute atomic E-state index is 0.165. The summed E-state index contributed by atoms with van der Waals surface area (Å²) in [5.41, 5.74) is 2.55. The van der Waals surface area contributed by atoms with Crippen molar-refractivity contribution in [2.24, 2.45) is 5.10 Å². The first kappa shape index (κ1) is 7.59. The van der Waals surface area contributed by atoms with Crippen LogP contribution >= 0.6 is 0 Å². The topological polar surface area (TPSA) is 80.5 Å². The Morgan fingerprint density at radius 3 is 3.31 bits per heavy atom.